The van der Waals surface area contributed by atoms with Gasteiger partial charge in [-0.2, -0.15) is 4.94 Å². The molecule has 0 aromatic carbocycles. The fraction of sp³-hybridized carbons (Fsp3) is 1.00. The van der Waals surface area contributed by atoms with E-state index in [0.29, 0.717) is 11.3 Å². The largest absolute Gasteiger partial charge is 0.381 e. The molecule has 0 rings (SSSR count). The Labute approximate surface area is 137 Å². The first-order valence-electron chi connectivity index (χ1n) is 8.92. The van der Waals surface area contributed by atoms with Crippen LogP contribution in [0, 0.1) is 11.3 Å². The number of unbranched alkanes of at least 4 members (excludes halogenated alkanes) is 1. The van der Waals surface area contributed by atoms with E-state index in [2.05, 4.69) is 44.5 Å². The lowest BCUT2D eigenvalue weighted by molar-refractivity contribution is -0.133. The predicted molar refractivity (Wildman–Crippen MR) is 91.7 cm³/mol. The molecule has 134 valence electrons. The minimum Gasteiger partial charge on any atom is -0.381 e. The van der Waals surface area contributed by atoms with Gasteiger partial charge in [0.25, 0.3) is 0 Å². The van der Waals surface area contributed by atoms with Crippen LogP contribution in [0.4, 0.5) is 4.53 Å². The van der Waals surface area contributed by atoms with Crippen molar-refractivity contribution in [2.75, 3.05) is 39.5 Å². The van der Waals surface area contributed by atoms with Gasteiger partial charge < -0.3 is 9.64 Å². The third kappa shape index (κ3) is 14.7. The number of rotatable bonds is 14. The van der Waals surface area contributed by atoms with Gasteiger partial charge in [0.1, 0.15) is 0 Å². The molecule has 22 heavy (non-hydrogen) atoms. The molecule has 3 nitrogen and oxygen atoms in total. The topological polar surface area (TPSA) is 21.7 Å². The fourth-order valence-electron chi connectivity index (χ4n) is 2.93. The van der Waals surface area contributed by atoms with Crippen LogP contribution in [0.5, 0.6) is 0 Å². The summed E-state index contributed by atoms with van der Waals surface area (Å²) in [5, 5.41) is 0. The molecule has 0 amide bonds. The molecule has 0 aromatic rings. The first kappa shape index (κ1) is 21.8. The highest BCUT2D eigenvalue weighted by molar-refractivity contribution is 4.70. The van der Waals surface area contributed by atoms with Crippen molar-refractivity contribution in [3.63, 3.8) is 0 Å². The summed E-state index contributed by atoms with van der Waals surface area (Å²) in [6.45, 7) is 16.2. The summed E-state index contributed by atoms with van der Waals surface area (Å²) in [5.41, 5.74) is 0.358. The molecule has 0 fully saturated rings. The molecule has 1 unspecified atom stereocenters. The summed E-state index contributed by atoms with van der Waals surface area (Å²) in [6, 6.07) is 0. The van der Waals surface area contributed by atoms with Gasteiger partial charge in [0.15, 0.2) is 0 Å². The molecule has 0 heterocycles. The molecule has 0 aromatic heterocycles. The van der Waals surface area contributed by atoms with Gasteiger partial charge in [-0.05, 0) is 41.5 Å². The molecule has 0 radical (unpaired) electrons. The van der Waals surface area contributed by atoms with E-state index in [1.54, 1.807) is 0 Å². The minimum absolute atomic E-state index is 0.192. The molecule has 1 atom stereocenters. The maximum absolute atomic E-state index is 11.8. The molecule has 0 spiro atoms. The van der Waals surface area contributed by atoms with Crippen molar-refractivity contribution in [3.8, 4) is 0 Å². The highest BCUT2D eigenvalue weighted by Gasteiger charge is 2.17. The zero-order valence-corrected chi connectivity index (χ0v) is 15.5. The summed E-state index contributed by atoms with van der Waals surface area (Å²) >= 11 is 0. The van der Waals surface area contributed by atoms with Crippen LogP contribution in [-0.4, -0.2) is 44.4 Å². The number of nitrogens with zero attached hydrogens (tertiary/aromatic N) is 1. The Hall–Kier alpha value is -0.190. The summed E-state index contributed by atoms with van der Waals surface area (Å²) in [5.74, 6) is 0.646. The summed E-state index contributed by atoms with van der Waals surface area (Å²) in [7, 11) is 0. The van der Waals surface area contributed by atoms with Crippen molar-refractivity contribution in [2.45, 2.75) is 66.7 Å². The second kappa shape index (κ2) is 13.3. The van der Waals surface area contributed by atoms with Crippen LogP contribution in [0.25, 0.3) is 0 Å². The first-order valence-corrected chi connectivity index (χ1v) is 8.92. The van der Waals surface area contributed by atoms with Crippen LogP contribution >= 0.6 is 0 Å². The zero-order chi connectivity index (χ0) is 16.8. The van der Waals surface area contributed by atoms with E-state index in [1.165, 1.54) is 12.8 Å². The Morgan fingerprint density at radius 3 is 2.14 bits per heavy atom. The lowest BCUT2D eigenvalue weighted by atomic mass is 9.85. The van der Waals surface area contributed by atoms with Crippen LogP contribution in [0.2, 0.25) is 0 Å². The predicted octanol–water partition coefficient (Wildman–Crippen LogP) is 4.86. The van der Waals surface area contributed by atoms with Gasteiger partial charge in [-0.15, -0.1) is 0 Å². The lowest BCUT2D eigenvalue weighted by Gasteiger charge is -2.29. The Kier molecular flexibility index (Phi) is 13.2. The smallest absolute Gasteiger partial charge is 0.0888 e. The average molecular weight is 320 g/mol. The van der Waals surface area contributed by atoms with Crippen LogP contribution in [-0.2, 0) is 9.68 Å². The van der Waals surface area contributed by atoms with Crippen molar-refractivity contribution in [1.82, 2.24) is 4.90 Å². The average Bonchev–Trinajstić information content (AvgIpc) is 2.40. The van der Waals surface area contributed by atoms with Gasteiger partial charge in [-0.3, -0.25) is 0 Å². The Morgan fingerprint density at radius 1 is 1.00 bits per heavy atom. The molecule has 0 aliphatic carbocycles. The van der Waals surface area contributed by atoms with E-state index < -0.39 is 0 Å². The van der Waals surface area contributed by atoms with E-state index in [4.69, 9.17) is 4.74 Å². The standard InChI is InChI=1S/C18H38FNO2/c1-6-7-12-21-13-8-10-20(11-9-14-22-19)16-17(2)15-18(3,4)5/h17H,6-16H2,1-5H3. The number of hydrogen-bond acceptors (Lipinski definition) is 3. The van der Waals surface area contributed by atoms with Crippen molar-refractivity contribution < 1.29 is 14.2 Å². The zero-order valence-electron chi connectivity index (χ0n) is 15.5. The third-order valence-electron chi connectivity index (χ3n) is 3.63. The number of hydrogen-bond donors (Lipinski definition) is 0. The van der Waals surface area contributed by atoms with E-state index in [0.717, 1.165) is 52.1 Å². The molecule has 0 aliphatic heterocycles. The summed E-state index contributed by atoms with van der Waals surface area (Å²) in [4.78, 5) is 6.13. The molecule has 0 saturated carbocycles. The lowest BCUT2D eigenvalue weighted by Crippen LogP contribution is -2.33. The van der Waals surface area contributed by atoms with Gasteiger partial charge in [0.2, 0.25) is 0 Å². The second-order valence-corrected chi connectivity index (χ2v) is 7.66. The van der Waals surface area contributed by atoms with Crippen molar-refractivity contribution in [1.29, 1.82) is 0 Å². The van der Waals surface area contributed by atoms with Crippen LogP contribution in [0.1, 0.15) is 66.7 Å². The minimum atomic E-state index is 0.192. The number of ether oxygens (including phenoxy) is 1. The quantitative estimate of drug-likeness (QED) is 0.427. The van der Waals surface area contributed by atoms with Crippen molar-refractivity contribution in [3.05, 3.63) is 0 Å². The number of halogens is 1. The maximum atomic E-state index is 11.8. The van der Waals surface area contributed by atoms with Gasteiger partial charge in [-0.25, -0.2) is 0 Å². The van der Waals surface area contributed by atoms with E-state index in [1.807, 2.05) is 0 Å². The monoisotopic (exact) mass is 319 g/mol. The Balaban J connectivity index is 4.02. The fourth-order valence-corrected chi connectivity index (χ4v) is 2.93. The van der Waals surface area contributed by atoms with Crippen LogP contribution in [0.15, 0.2) is 0 Å². The molecule has 4 heteroatoms. The van der Waals surface area contributed by atoms with E-state index >= 15 is 0 Å². The van der Waals surface area contributed by atoms with E-state index in [-0.39, 0.29) is 6.61 Å². The molecule has 0 aliphatic rings. The van der Waals surface area contributed by atoms with Crippen molar-refractivity contribution in [2.24, 2.45) is 11.3 Å². The molecular formula is C18H38FNO2. The van der Waals surface area contributed by atoms with E-state index in [9.17, 15) is 4.53 Å². The summed E-state index contributed by atoms with van der Waals surface area (Å²) in [6.07, 6.45) is 5.31. The summed E-state index contributed by atoms with van der Waals surface area (Å²) < 4.78 is 17.4. The van der Waals surface area contributed by atoms with Gasteiger partial charge in [0, 0.05) is 32.8 Å². The van der Waals surface area contributed by atoms with Crippen LogP contribution in [0.3, 0.4) is 0 Å². The molecule has 0 saturated heterocycles. The highest BCUT2D eigenvalue weighted by atomic mass is 19.3. The molecule has 0 bridgehead atoms. The van der Waals surface area contributed by atoms with Gasteiger partial charge >= 0.3 is 0 Å². The van der Waals surface area contributed by atoms with Gasteiger partial charge in [0.05, 0.1) is 6.61 Å². The molecule has 0 N–H and O–H groups in total. The Bertz CT molecular complexity index is 244. The third-order valence-corrected chi connectivity index (χ3v) is 3.63. The first-order chi connectivity index (χ1) is 10.4. The maximum Gasteiger partial charge on any atom is 0.0888 e. The highest BCUT2D eigenvalue weighted by Crippen LogP contribution is 2.24. The Morgan fingerprint density at radius 2 is 1.59 bits per heavy atom. The normalized spacial score (nSPS) is 13.8. The van der Waals surface area contributed by atoms with Crippen molar-refractivity contribution >= 4 is 0 Å². The second-order valence-electron chi connectivity index (χ2n) is 7.66. The van der Waals surface area contributed by atoms with Crippen LogP contribution < -0.4 is 0 Å². The SMILES string of the molecule is CCCCOCCCN(CCCOF)CC(C)CC(C)(C)C. The van der Waals surface area contributed by atoms with Gasteiger partial charge in [-0.1, -0.05) is 41.0 Å². The molecular weight excluding hydrogens is 281 g/mol.